The van der Waals surface area contributed by atoms with Crippen LogP contribution in [0, 0.1) is 5.82 Å². The summed E-state index contributed by atoms with van der Waals surface area (Å²) in [6.45, 7) is 0.255. The van der Waals surface area contributed by atoms with Crippen LogP contribution in [0.4, 0.5) is 4.39 Å². The summed E-state index contributed by atoms with van der Waals surface area (Å²) in [4.78, 5) is 0. The highest BCUT2D eigenvalue weighted by molar-refractivity contribution is 6.06. The van der Waals surface area contributed by atoms with Gasteiger partial charge in [0, 0.05) is 24.1 Å². The fraction of sp³-hybridized carbons (Fsp3) is 0.192. The van der Waals surface area contributed by atoms with E-state index < -0.39 is 6.10 Å². The first-order valence-electron chi connectivity index (χ1n) is 11.3. The summed E-state index contributed by atoms with van der Waals surface area (Å²) < 4.78 is 32.4. The van der Waals surface area contributed by atoms with Crippen molar-refractivity contribution in [3.63, 3.8) is 0 Å². The van der Waals surface area contributed by atoms with E-state index in [2.05, 4.69) is 15.5 Å². The van der Waals surface area contributed by atoms with E-state index in [0.29, 0.717) is 22.6 Å². The number of rotatable bonds is 7. The van der Waals surface area contributed by atoms with Crippen molar-refractivity contribution in [2.24, 2.45) is 5.16 Å². The average Bonchev–Trinajstić information content (AvgIpc) is 3.35. The van der Waals surface area contributed by atoms with Crippen LogP contribution in [0.5, 0.6) is 28.7 Å². The van der Waals surface area contributed by atoms with Crippen LogP contribution in [-0.2, 0) is 13.2 Å². The Labute approximate surface area is 210 Å². The summed E-state index contributed by atoms with van der Waals surface area (Å²) in [7, 11) is 1.45. The first-order chi connectivity index (χ1) is 17.9. The lowest BCUT2D eigenvalue weighted by molar-refractivity contribution is 0.199. The van der Waals surface area contributed by atoms with E-state index in [1.54, 1.807) is 42.6 Å². The van der Waals surface area contributed by atoms with Crippen molar-refractivity contribution in [2.45, 2.75) is 25.7 Å². The zero-order valence-corrected chi connectivity index (χ0v) is 19.7. The molecule has 0 amide bonds. The molecule has 0 spiro atoms. The minimum atomic E-state index is -0.594. The molecule has 4 aromatic rings. The molecule has 3 aromatic carbocycles. The summed E-state index contributed by atoms with van der Waals surface area (Å²) in [5, 5.41) is 41.8. The third kappa shape index (κ3) is 4.96. The van der Waals surface area contributed by atoms with Crippen molar-refractivity contribution >= 4 is 5.71 Å². The van der Waals surface area contributed by atoms with Gasteiger partial charge in [-0.2, -0.15) is 0 Å². The average molecular weight is 506 g/mol. The van der Waals surface area contributed by atoms with Crippen molar-refractivity contribution in [1.29, 1.82) is 0 Å². The molecule has 3 N–H and O–H groups in total. The van der Waals surface area contributed by atoms with Gasteiger partial charge in [0.2, 0.25) is 0 Å². The normalized spacial score (nSPS) is 15.7. The second-order valence-electron chi connectivity index (χ2n) is 8.39. The van der Waals surface area contributed by atoms with E-state index in [-0.39, 0.29) is 59.7 Å². The number of halogens is 1. The molecule has 5 rings (SSSR count). The Balaban J connectivity index is 1.33. The number of oxime groups is 1. The van der Waals surface area contributed by atoms with Gasteiger partial charge < -0.3 is 29.6 Å². The number of methoxy groups -OCH3 is 1. The van der Waals surface area contributed by atoms with Crippen molar-refractivity contribution in [3.05, 3.63) is 89.0 Å². The van der Waals surface area contributed by atoms with Gasteiger partial charge in [0.1, 0.15) is 41.5 Å². The predicted molar refractivity (Wildman–Crippen MR) is 129 cm³/mol. The number of aromatic nitrogens is 3. The number of fused-ring (bicyclic) bond motifs is 1. The van der Waals surface area contributed by atoms with Gasteiger partial charge in [-0.05, 0) is 23.8 Å². The van der Waals surface area contributed by atoms with E-state index in [9.17, 15) is 19.8 Å². The molecule has 190 valence electrons. The minimum Gasteiger partial charge on any atom is -0.507 e. The molecule has 0 saturated heterocycles. The number of hydrogen-bond acceptors (Lipinski definition) is 9. The fourth-order valence-electron chi connectivity index (χ4n) is 4.14. The van der Waals surface area contributed by atoms with Crippen LogP contribution in [0.3, 0.4) is 0 Å². The minimum absolute atomic E-state index is 0.0340. The molecule has 1 atom stereocenters. The summed E-state index contributed by atoms with van der Waals surface area (Å²) >= 11 is 0. The third-order valence-corrected chi connectivity index (χ3v) is 5.95. The molecular weight excluding hydrogens is 483 g/mol. The summed E-state index contributed by atoms with van der Waals surface area (Å²) in [6.07, 6.45) is 1.21. The number of phenols is 2. The maximum atomic E-state index is 13.9. The first kappa shape index (κ1) is 23.9. The van der Waals surface area contributed by atoms with E-state index in [4.69, 9.17) is 14.2 Å². The number of phenolic OH excluding ortho intramolecular Hbond substituents is 2. The van der Waals surface area contributed by atoms with Crippen molar-refractivity contribution in [3.8, 4) is 28.7 Å². The molecule has 0 aliphatic carbocycles. The Bertz CT molecular complexity index is 1470. The highest BCUT2D eigenvalue weighted by atomic mass is 19.1. The number of aromatic hydroxyl groups is 2. The SMILES string of the molecule is COc1ccc([C@@H]2C/C(=N\O)c3c(O)cc(OCc4cn(Cc5ccccc5F)nn4)cc3O2)cc1O. The molecule has 0 radical (unpaired) electrons. The highest BCUT2D eigenvalue weighted by Gasteiger charge is 2.30. The third-order valence-electron chi connectivity index (χ3n) is 5.95. The van der Waals surface area contributed by atoms with Crippen molar-refractivity contribution in [1.82, 2.24) is 15.0 Å². The Kier molecular flexibility index (Phi) is 6.50. The molecular formula is C26H23FN4O6. The lowest BCUT2D eigenvalue weighted by atomic mass is 9.94. The van der Waals surface area contributed by atoms with Crippen LogP contribution >= 0.6 is 0 Å². The molecule has 0 fully saturated rings. The second-order valence-corrected chi connectivity index (χ2v) is 8.39. The van der Waals surface area contributed by atoms with Gasteiger partial charge in [-0.15, -0.1) is 5.10 Å². The van der Waals surface area contributed by atoms with E-state index in [1.165, 1.54) is 30.0 Å². The van der Waals surface area contributed by atoms with Crippen LogP contribution in [0.25, 0.3) is 0 Å². The summed E-state index contributed by atoms with van der Waals surface area (Å²) in [6, 6.07) is 14.2. The van der Waals surface area contributed by atoms with Crippen LogP contribution in [-0.4, -0.2) is 43.2 Å². The Morgan fingerprint density at radius 1 is 1.14 bits per heavy atom. The van der Waals surface area contributed by atoms with Crippen molar-refractivity contribution in [2.75, 3.05) is 7.11 Å². The van der Waals surface area contributed by atoms with Crippen LogP contribution in [0.2, 0.25) is 0 Å². The molecule has 0 unspecified atom stereocenters. The van der Waals surface area contributed by atoms with Crippen molar-refractivity contribution < 1.29 is 34.0 Å². The zero-order valence-electron chi connectivity index (χ0n) is 19.7. The maximum Gasteiger partial charge on any atom is 0.160 e. The van der Waals surface area contributed by atoms with Gasteiger partial charge in [-0.1, -0.05) is 34.6 Å². The number of nitrogens with zero attached hydrogens (tertiary/aromatic N) is 4. The lowest BCUT2D eigenvalue weighted by Gasteiger charge is -2.28. The smallest absolute Gasteiger partial charge is 0.160 e. The number of benzene rings is 3. The Morgan fingerprint density at radius 3 is 2.73 bits per heavy atom. The molecule has 37 heavy (non-hydrogen) atoms. The van der Waals surface area contributed by atoms with Crippen LogP contribution in [0.15, 0.2) is 65.9 Å². The van der Waals surface area contributed by atoms with E-state index >= 15 is 0 Å². The lowest BCUT2D eigenvalue weighted by Crippen LogP contribution is -2.21. The monoisotopic (exact) mass is 506 g/mol. The molecule has 0 bridgehead atoms. The fourth-order valence-corrected chi connectivity index (χ4v) is 4.14. The quantitative estimate of drug-likeness (QED) is 0.251. The maximum absolute atomic E-state index is 13.9. The second kappa shape index (κ2) is 10.1. The topological polar surface area (TPSA) is 131 Å². The van der Waals surface area contributed by atoms with E-state index in [0.717, 1.165) is 0 Å². The molecule has 1 aromatic heterocycles. The molecule has 11 heteroatoms. The first-order valence-corrected chi connectivity index (χ1v) is 11.3. The van der Waals surface area contributed by atoms with Gasteiger partial charge >= 0.3 is 0 Å². The molecule has 10 nitrogen and oxygen atoms in total. The standard InChI is InChI=1S/C26H23FN4O6/c1-35-23-7-6-15(8-21(23)32)24-11-20(29-34)26-22(33)9-18(10-25(26)37-24)36-14-17-13-31(30-28-17)12-16-4-2-3-5-19(16)27/h2-10,13,24,32-34H,11-12,14H2,1H3/b29-20+/t24-/m0/s1. The van der Waals surface area contributed by atoms with Crippen LogP contribution in [0.1, 0.15) is 34.9 Å². The van der Waals surface area contributed by atoms with Crippen LogP contribution < -0.4 is 14.2 Å². The number of ether oxygens (including phenoxy) is 3. The largest absolute Gasteiger partial charge is 0.507 e. The van der Waals surface area contributed by atoms with Gasteiger partial charge in [0.05, 0.1) is 31.1 Å². The van der Waals surface area contributed by atoms with Gasteiger partial charge in [0.25, 0.3) is 0 Å². The van der Waals surface area contributed by atoms with E-state index in [1.807, 2.05) is 0 Å². The summed E-state index contributed by atoms with van der Waals surface area (Å²) in [5.74, 6) is 0.289. The Morgan fingerprint density at radius 2 is 1.97 bits per heavy atom. The predicted octanol–water partition coefficient (Wildman–Crippen LogP) is 4.17. The Hall–Kier alpha value is -4.80. The molecule has 1 aliphatic rings. The van der Waals surface area contributed by atoms with Gasteiger partial charge in [0.15, 0.2) is 11.5 Å². The summed E-state index contributed by atoms with van der Waals surface area (Å²) in [5.41, 5.74) is 2.08. The zero-order chi connectivity index (χ0) is 25.9. The molecule has 0 saturated carbocycles. The molecule has 1 aliphatic heterocycles. The number of hydrogen-bond donors (Lipinski definition) is 3. The van der Waals surface area contributed by atoms with Gasteiger partial charge in [-0.3, -0.25) is 0 Å². The highest BCUT2D eigenvalue weighted by Crippen LogP contribution is 2.43. The molecule has 2 heterocycles. The van der Waals surface area contributed by atoms with Gasteiger partial charge in [-0.25, -0.2) is 9.07 Å².